The number of hydrogen-bond donors (Lipinski definition) is 1. The first-order valence-electron chi connectivity index (χ1n) is 6.83. The fraction of sp³-hybridized carbons (Fsp3) is 0.400. The molecule has 1 atom stereocenters. The average molecular weight is 257 g/mol. The van der Waals surface area contributed by atoms with Crippen LogP contribution in [0.3, 0.4) is 0 Å². The fourth-order valence-corrected chi connectivity index (χ4v) is 2.44. The Morgan fingerprint density at radius 2 is 2.32 bits per heavy atom. The van der Waals surface area contributed by atoms with E-state index in [0.717, 1.165) is 38.2 Å². The molecule has 19 heavy (non-hydrogen) atoms. The molecule has 4 nitrogen and oxygen atoms in total. The molecular formula is C15H19N3O. The van der Waals surface area contributed by atoms with Crippen molar-refractivity contribution >= 4 is 0 Å². The number of nitrogens with zero attached hydrogens (tertiary/aromatic N) is 2. The van der Waals surface area contributed by atoms with Crippen molar-refractivity contribution in [1.82, 2.24) is 14.9 Å². The standard InChI is InChI=1S/C15H19N3O/c1-2-5-15-13(4-1)10-14(19-15)11-16-6-3-8-18-9-7-17-12-18/h1-2,4-5,7,9,12,14,16H,3,6,8,10-11H2. The highest BCUT2D eigenvalue weighted by Gasteiger charge is 2.21. The summed E-state index contributed by atoms with van der Waals surface area (Å²) in [5.41, 5.74) is 1.33. The summed E-state index contributed by atoms with van der Waals surface area (Å²) in [5.74, 6) is 1.05. The highest BCUT2D eigenvalue weighted by atomic mass is 16.5. The van der Waals surface area contributed by atoms with Gasteiger partial charge in [-0.3, -0.25) is 0 Å². The maximum atomic E-state index is 5.88. The summed E-state index contributed by atoms with van der Waals surface area (Å²) in [5, 5.41) is 3.47. The van der Waals surface area contributed by atoms with Gasteiger partial charge in [0.2, 0.25) is 0 Å². The molecule has 0 saturated carbocycles. The molecule has 0 aliphatic carbocycles. The Hall–Kier alpha value is -1.81. The molecule has 1 N–H and O–H groups in total. The van der Waals surface area contributed by atoms with Gasteiger partial charge in [0.15, 0.2) is 0 Å². The molecule has 2 aromatic rings. The summed E-state index contributed by atoms with van der Waals surface area (Å²) in [6.45, 7) is 2.94. The number of nitrogens with one attached hydrogen (secondary N) is 1. The lowest BCUT2D eigenvalue weighted by Gasteiger charge is -2.11. The van der Waals surface area contributed by atoms with Crippen LogP contribution in [0.15, 0.2) is 43.0 Å². The van der Waals surface area contributed by atoms with Gasteiger partial charge in [0.1, 0.15) is 11.9 Å². The van der Waals surface area contributed by atoms with Crippen molar-refractivity contribution in [1.29, 1.82) is 0 Å². The van der Waals surface area contributed by atoms with Crippen LogP contribution in [0, 0.1) is 0 Å². The minimum Gasteiger partial charge on any atom is -0.488 e. The lowest BCUT2D eigenvalue weighted by atomic mass is 10.1. The van der Waals surface area contributed by atoms with E-state index in [2.05, 4.69) is 27.0 Å². The normalized spacial score (nSPS) is 17.2. The number of hydrogen-bond acceptors (Lipinski definition) is 3. The Morgan fingerprint density at radius 3 is 3.16 bits per heavy atom. The number of para-hydroxylation sites is 1. The minimum absolute atomic E-state index is 0.283. The van der Waals surface area contributed by atoms with Gasteiger partial charge in [0.05, 0.1) is 6.33 Å². The number of imidazole rings is 1. The van der Waals surface area contributed by atoms with Crippen molar-refractivity contribution in [2.45, 2.75) is 25.5 Å². The zero-order valence-corrected chi connectivity index (χ0v) is 11.0. The quantitative estimate of drug-likeness (QED) is 0.803. The molecule has 1 aliphatic rings. The van der Waals surface area contributed by atoms with E-state index >= 15 is 0 Å². The third-order valence-electron chi connectivity index (χ3n) is 3.41. The van der Waals surface area contributed by atoms with Crippen molar-refractivity contribution in [3.63, 3.8) is 0 Å². The molecule has 100 valence electrons. The topological polar surface area (TPSA) is 39.1 Å². The third-order valence-corrected chi connectivity index (χ3v) is 3.41. The van der Waals surface area contributed by atoms with Crippen LogP contribution in [0.5, 0.6) is 5.75 Å². The van der Waals surface area contributed by atoms with E-state index < -0.39 is 0 Å². The summed E-state index contributed by atoms with van der Waals surface area (Å²) in [7, 11) is 0. The van der Waals surface area contributed by atoms with Gasteiger partial charge in [0.25, 0.3) is 0 Å². The summed E-state index contributed by atoms with van der Waals surface area (Å²) in [6.07, 6.45) is 8.08. The predicted octanol–water partition coefficient (Wildman–Crippen LogP) is 1.87. The Kier molecular flexibility index (Phi) is 3.79. The van der Waals surface area contributed by atoms with Gasteiger partial charge in [-0.05, 0) is 24.6 Å². The molecular weight excluding hydrogens is 238 g/mol. The predicted molar refractivity (Wildman–Crippen MR) is 74.3 cm³/mol. The number of fused-ring (bicyclic) bond motifs is 1. The number of rotatable bonds is 6. The first-order valence-corrected chi connectivity index (χ1v) is 6.83. The van der Waals surface area contributed by atoms with Crippen LogP contribution in [0.4, 0.5) is 0 Å². The molecule has 1 aromatic heterocycles. The van der Waals surface area contributed by atoms with Crippen LogP contribution < -0.4 is 10.1 Å². The van der Waals surface area contributed by atoms with Crippen LogP contribution in [0.1, 0.15) is 12.0 Å². The molecule has 2 heterocycles. The highest BCUT2D eigenvalue weighted by Crippen LogP contribution is 2.27. The molecule has 0 amide bonds. The van der Waals surface area contributed by atoms with Crippen LogP contribution in [0.25, 0.3) is 0 Å². The molecule has 1 unspecified atom stereocenters. The maximum Gasteiger partial charge on any atom is 0.123 e. The Morgan fingerprint density at radius 1 is 1.37 bits per heavy atom. The van der Waals surface area contributed by atoms with Gasteiger partial charge in [-0.2, -0.15) is 0 Å². The zero-order chi connectivity index (χ0) is 12.9. The molecule has 3 rings (SSSR count). The minimum atomic E-state index is 0.283. The maximum absolute atomic E-state index is 5.88. The zero-order valence-electron chi connectivity index (χ0n) is 11.0. The summed E-state index contributed by atoms with van der Waals surface area (Å²) in [4.78, 5) is 4.03. The van der Waals surface area contributed by atoms with Gasteiger partial charge >= 0.3 is 0 Å². The van der Waals surface area contributed by atoms with Crippen LogP contribution in [0.2, 0.25) is 0 Å². The molecule has 0 bridgehead atoms. The Balaban J connectivity index is 1.34. The number of aromatic nitrogens is 2. The second-order valence-electron chi connectivity index (χ2n) is 4.91. The average Bonchev–Trinajstić information content (AvgIpc) is 3.06. The van der Waals surface area contributed by atoms with Gasteiger partial charge in [0, 0.05) is 31.9 Å². The summed E-state index contributed by atoms with van der Waals surface area (Å²) >= 11 is 0. The van der Waals surface area contributed by atoms with Gasteiger partial charge in [-0.15, -0.1) is 0 Å². The molecule has 0 radical (unpaired) electrons. The first-order chi connectivity index (χ1) is 9.42. The van der Waals surface area contributed by atoms with Crippen molar-refractivity contribution in [3.8, 4) is 5.75 Å². The second kappa shape index (κ2) is 5.89. The largest absolute Gasteiger partial charge is 0.488 e. The van der Waals surface area contributed by atoms with Gasteiger partial charge in [-0.25, -0.2) is 4.98 Å². The molecule has 0 saturated heterocycles. The number of aryl methyl sites for hydroxylation is 1. The van der Waals surface area contributed by atoms with Crippen molar-refractivity contribution < 1.29 is 4.74 Å². The molecule has 1 aliphatic heterocycles. The third kappa shape index (κ3) is 3.15. The van der Waals surface area contributed by atoms with Crippen molar-refractivity contribution in [2.75, 3.05) is 13.1 Å². The highest BCUT2D eigenvalue weighted by molar-refractivity contribution is 5.37. The van der Waals surface area contributed by atoms with Gasteiger partial charge in [-0.1, -0.05) is 18.2 Å². The molecule has 1 aromatic carbocycles. The first kappa shape index (κ1) is 12.2. The monoisotopic (exact) mass is 257 g/mol. The van der Waals surface area contributed by atoms with Crippen molar-refractivity contribution in [3.05, 3.63) is 48.5 Å². The number of benzene rings is 1. The lowest BCUT2D eigenvalue weighted by molar-refractivity contribution is 0.227. The van der Waals surface area contributed by atoms with E-state index in [0.29, 0.717) is 0 Å². The Bertz CT molecular complexity index is 485. The van der Waals surface area contributed by atoms with E-state index in [4.69, 9.17) is 4.74 Å². The number of ether oxygens (including phenoxy) is 1. The fourth-order valence-electron chi connectivity index (χ4n) is 2.44. The summed E-state index contributed by atoms with van der Waals surface area (Å²) < 4.78 is 7.98. The SMILES string of the molecule is c1ccc2c(c1)CC(CNCCCn1ccnc1)O2. The van der Waals surface area contributed by atoms with Crippen molar-refractivity contribution in [2.24, 2.45) is 0 Å². The van der Waals surface area contributed by atoms with E-state index in [1.54, 1.807) is 0 Å². The van der Waals surface area contributed by atoms with Crippen LogP contribution in [-0.4, -0.2) is 28.7 Å². The molecule has 4 heteroatoms. The molecule has 0 spiro atoms. The van der Waals surface area contributed by atoms with E-state index in [1.165, 1.54) is 5.56 Å². The van der Waals surface area contributed by atoms with Gasteiger partial charge < -0.3 is 14.6 Å². The molecule has 0 fully saturated rings. The summed E-state index contributed by atoms with van der Waals surface area (Å²) in [6, 6.07) is 8.30. The smallest absolute Gasteiger partial charge is 0.123 e. The van der Waals surface area contributed by atoms with E-state index in [9.17, 15) is 0 Å². The van der Waals surface area contributed by atoms with E-state index in [1.807, 2.05) is 30.9 Å². The second-order valence-corrected chi connectivity index (χ2v) is 4.91. The Labute approximate surface area is 113 Å². The van der Waals surface area contributed by atoms with Crippen LogP contribution >= 0.6 is 0 Å². The lowest BCUT2D eigenvalue weighted by Crippen LogP contribution is -2.31. The van der Waals surface area contributed by atoms with E-state index in [-0.39, 0.29) is 6.10 Å². The van der Waals surface area contributed by atoms with Crippen LogP contribution in [-0.2, 0) is 13.0 Å².